The highest BCUT2D eigenvalue weighted by molar-refractivity contribution is 5.86. The summed E-state index contributed by atoms with van der Waals surface area (Å²) in [6.07, 6.45) is 1.15. The molecule has 0 saturated carbocycles. The highest BCUT2D eigenvalue weighted by atomic mass is 14.9. The van der Waals surface area contributed by atoms with Crippen molar-refractivity contribution in [2.75, 3.05) is 0 Å². The van der Waals surface area contributed by atoms with Crippen molar-refractivity contribution in [3.8, 4) is 0 Å². The van der Waals surface area contributed by atoms with E-state index in [0.29, 0.717) is 12.0 Å². The zero-order valence-electron chi connectivity index (χ0n) is 14.2. The molecule has 114 valence electrons. The van der Waals surface area contributed by atoms with Gasteiger partial charge >= 0.3 is 0 Å². The molecule has 2 nitrogen and oxygen atoms in total. The molecule has 1 heterocycles. The monoisotopic (exact) mass is 284 g/mol. The third-order valence-electron chi connectivity index (χ3n) is 4.20. The van der Waals surface area contributed by atoms with E-state index >= 15 is 0 Å². The lowest BCUT2D eigenvalue weighted by molar-refractivity contribution is 0.535. The maximum atomic E-state index is 4.88. The van der Waals surface area contributed by atoms with Crippen LogP contribution in [0.4, 0.5) is 0 Å². The molecule has 1 aromatic carbocycles. The first-order chi connectivity index (χ1) is 9.92. The van der Waals surface area contributed by atoms with Crippen LogP contribution in [0.2, 0.25) is 0 Å². The van der Waals surface area contributed by atoms with Gasteiger partial charge in [-0.25, -0.2) is 0 Å². The van der Waals surface area contributed by atoms with E-state index in [1.807, 2.05) is 0 Å². The molecular weight excluding hydrogens is 256 g/mol. The van der Waals surface area contributed by atoms with Crippen LogP contribution in [0.15, 0.2) is 18.2 Å². The van der Waals surface area contributed by atoms with Crippen molar-refractivity contribution in [1.82, 2.24) is 10.3 Å². The van der Waals surface area contributed by atoms with Crippen LogP contribution in [0.3, 0.4) is 0 Å². The number of pyridine rings is 1. The van der Waals surface area contributed by atoms with Gasteiger partial charge in [-0.3, -0.25) is 4.98 Å². The lowest BCUT2D eigenvalue weighted by atomic mass is 9.98. The molecule has 0 fully saturated rings. The first-order valence-electron chi connectivity index (χ1n) is 8.06. The number of nitrogens with zero attached hydrogens (tertiary/aromatic N) is 1. The fourth-order valence-corrected chi connectivity index (χ4v) is 2.74. The molecule has 0 aliphatic rings. The summed E-state index contributed by atoms with van der Waals surface area (Å²) in [5, 5.41) is 4.94. The summed E-state index contributed by atoms with van der Waals surface area (Å²) in [5.74, 6) is 0.456. The summed E-state index contributed by atoms with van der Waals surface area (Å²) in [5.41, 5.74) is 6.32. The summed E-state index contributed by atoms with van der Waals surface area (Å²) >= 11 is 0. The molecule has 0 radical (unpaired) electrons. The topological polar surface area (TPSA) is 24.9 Å². The Bertz CT molecular complexity index is 629. The molecule has 0 aliphatic heterocycles. The molecule has 2 rings (SSSR count). The molecule has 1 N–H and O–H groups in total. The number of hydrogen-bond acceptors (Lipinski definition) is 2. The number of fused-ring (bicyclic) bond motifs is 1. The lowest BCUT2D eigenvalue weighted by Gasteiger charge is -2.17. The van der Waals surface area contributed by atoms with E-state index in [9.17, 15) is 0 Å². The molecule has 21 heavy (non-hydrogen) atoms. The van der Waals surface area contributed by atoms with Crippen molar-refractivity contribution >= 4 is 10.9 Å². The second kappa shape index (κ2) is 6.57. The number of aromatic nitrogens is 1. The predicted molar refractivity (Wildman–Crippen MR) is 91.9 cm³/mol. The van der Waals surface area contributed by atoms with Gasteiger partial charge in [-0.1, -0.05) is 26.8 Å². The van der Waals surface area contributed by atoms with Crippen LogP contribution in [0.1, 0.15) is 62.4 Å². The van der Waals surface area contributed by atoms with Crippen LogP contribution < -0.4 is 5.32 Å². The minimum absolute atomic E-state index is 0.456. The van der Waals surface area contributed by atoms with Gasteiger partial charge in [0.15, 0.2) is 0 Å². The Labute approximate surface area is 129 Å². The zero-order chi connectivity index (χ0) is 15.6. The second-order valence-electron chi connectivity index (χ2n) is 6.53. The Kier molecular flexibility index (Phi) is 5.00. The van der Waals surface area contributed by atoms with Crippen molar-refractivity contribution in [2.24, 2.45) is 0 Å². The Morgan fingerprint density at radius 2 is 1.81 bits per heavy atom. The van der Waals surface area contributed by atoms with Crippen molar-refractivity contribution in [2.45, 2.75) is 66.5 Å². The van der Waals surface area contributed by atoms with Crippen LogP contribution in [0.5, 0.6) is 0 Å². The normalized spacial score (nSPS) is 13.1. The summed E-state index contributed by atoms with van der Waals surface area (Å²) in [6, 6.07) is 7.29. The third-order valence-corrected chi connectivity index (χ3v) is 4.20. The standard InChI is InChI=1S/C19H28N2/c1-7-15(6)20-11-16-10-17(12(2)3)21-18-9-13(4)8-14(5)19(16)18/h8-10,12,15,20H,7,11H2,1-6H3. The highest BCUT2D eigenvalue weighted by Crippen LogP contribution is 2.26. The lowest BCUT2D eigenvalue weighted by Crippen LogP contribution is -2.24. The number of aryl methyl sites for hydroxylation is 2. The van der Waals surface area contributed by atoms with E-state index in [-0.39, 0.29) is 0 Å². The van der Waals surface area contributed by atoms with Crippen LogP contribution >= 0.6 is 0 Å². The van der Waals surface area contributed by atoms with Gasteiger partial charge in [0, 0.05) is 23.7 Å². The highest BCUT2D eigenvalue weighted by Gasteiger charge is 2.11. The van der Waals surface area contributed by atoms with E-state index in [0.717, 1.165) is 18.5 Å². The first kappa shape index (κ1) is 16.0. The average Bonchev–Trinajstić information content (AvgIpc) is 2.43. The molecule has 2 heteroatoms. The van der Waals surface area contributed by atoms with Gasteiger partial charge in [-0.05, 0) is 61.9 Å². The predicted octanol–water partition coefficient (Wildman–Crippen LogP) is 4.86. The van der Waals surface area contributed by atoms with E-state index in [4.69, 9.17) is 4.98 Å². The van der Waals surface area contributed by atoms with E-state index in [1.165, 1.54) is 27.8 Å². The van der Waals surface area contributed by atoms with Crippen LogP contribution in [0, 0.1) is 13.8 Å². The Morgan fingerprint density at radius 3 is 2.43 bits per heavy atom. The maximum absolute atomic E-state index is 4.88. The molecule has 0 bridgehead atoms. The first-order valence-corrected chi connectivity index (χ1v) is 8.06. The average molecular weight is 284 g/mol. The molecule has 0 saturated heterocycles. The minimum Gasteiger partial charge on any atom is -0.310 e. The summed E-state index contributed by atoms with van der Waals surface area (Å²) in [4.78, 5) is 4.88. The van der Waals surface area contributed by atoms with Gasteiger partial charge in [0.1, 0.15) is 0 Å². The van der Waals surface area contributed by atoms with Crippen molar-refractivity contribution in [3.05, 3.63) is 40.6 Å². The van der Waals surface area contributed by atoms with Crippen LogP contribution in [0.25, 0.3) is 10.9 Å². The molecule has 2 aromatic rings. The molecule has 1 atom stereocenters. The van der Waals surface area contributed by atoms with Crippen molar-refractivity contribution in [3.63, 3.8) is 0 Å². The van der Waals surface area contributed by atoms with Gasteiger partial charge in [-0.2, -0.15) is 0 Å². The van der Waals surface area contributed by atoms with Gasteiger partial charge in [0.05, 0.1) is 5.52 Å². The van der Waals surface area contributed by atoms with Gasteiger partial charge in [-0.15, -0.1) is 0 Å². The van der Waals surface area contributed by atoms with E-state index < -0.39 is 0 Å². The van der Waals surface area contributed by atoms with Gasteiger partial charge < -0.3 is 5.32 Å². The number of benzene rings is 1. The number of nitrogens with one attached hydrogen (secondary N) is 1. The Hall–Kier alpha value is -1.41. The van der Waals surface area contributed by atoms with Crippen LogP contribution in [-0.4, -0.2) is 11.0 Å². The summed E-state index contributed by atoms with van der Waals surface area (Å²) in [7, 11) is 0. The van der Waals surface area contributed by atoms with E-state index in [1.54, 1.807) is 0 Å². The zero-order valence-corrected chi connectivity index (χ0v) is 14.2. The Morgan fingerprint density at radius 1 is 1.10 bits per heavy atom. The fourth-order valence-electron chi connectivity index (χ4n) is 2.74. The summed E-state index contributed by atoms with van der Waals surface area (Å²) < 4.78 is 0. The largest absolute Gasteiger partial charge is 0.310 e. The molecule has 0 spiro atoms. The van der Waals surface area contributed by atoms with Crippen LogP contribution in [-0.2, 0) is 6.54 Å². The smallest absolute Gasteiger partial charge is 0.0713 e. The SMILES string of the molecule is CCC(C)NCc1cc(C(C)C)nc2cc(C)cc(C)c12. The number of hydrogen-bond donors (Lipinski definition) is 1. The fraction of sp³-hybridized carbons (Fsp3) is 0.526. The van der Waals surface area contributed by atoms with Crippen molar-refractivity contribution in [1.29, 1.82) is 0 Å². The molecule has 0 amide bonds. The number of rotatable bonds is 5. The third kappa shape index (κ3) is 3.62. The minimum atomic E-state index is 0.456. The van der Waals surface area contributed by atoms with E-state index in [2.05, 4.69) is 65.1 Å². The van der Waals surface area contributed by atoms with Gasteiger partial charge in [0.25, 0.3) is 0 Å². The molecule has 1 aromatic heterocycles. The maximum Gasteiger partial charge on any atom is 0.0713 e. The quantitative estimate of drug-likeness (QED) is 0.848. The second-order valence-corrected chi connectivity index (χ2v) is 6.53. The molecule has 0 aliphatic carbocycles. The summed E-state index contributed by atoms with van der Waals surface area (Å²) in [6.45, 7) is 14.1. The Balaban J connectivity index is 2.54. The molecule has 1 unspecified atom stereocenters. The van der Waals surface area contributed by atoms with Gasteiger partial charge in [0.2, 0.25) is 0 Å². The van der Waals surface area contributed by atoms with Crippen molar-refractivity contribution < 1.29 is 0 Å². The molecular formula is C19H28N2.